The maximum Gasteiger partial charge on any atom is 0.328 e. The van der Waals surface area contributed by atoms with Crippen molar-refractivity contribution in [2.24, 2.45) is 5.73 Å². The molecule has 0 aliphatic heterocycles. The number of aliphatic hydroxyl groups is 1. The van der Waals surface area contributed by atoms with Crippen molar-refractivity contribution in [2.45, 2.75) is 43.4 Å². The highest BCUT2D eigenvalue weighted by Gasteiger charge is 2.31. The number of para-hydroxylation sites is 1. The minimum Gasteiger partial charge on any atom is -0.480 e. The molecule has 0 aliphatic carbocycles. The Morgan fingerprint density at radius 3 is 2.36 bits per heavy atom. The van der Waals surface area contributed by atoms with Crippen molar-refractivity contribution < 1.29 is 29.4 Å². The summed E-state index contributed by atoms with van der Waals surface area (Å²) < 4.78 is 0. The normalized spacial score (nSPS) is 14.2. The molecule has 0 aliphatic rings. The van der Waals surface area contributed by atoms with Gasteiger partial charge in [0.1, 0.15) is 18.1 Å². The largest absolute Gasteiger partial charge is 0.480 e. The fourth-order valence-electron chi connectivity index (χ4n) is 3.97. The number of nitrogens with two attached hydrogens (primary N) is 1. The van der Waals surface area contributed by atoms with Crippen molar-refractivity contribution in [3.8, 4) is 0 Å². The molecule has 2 heterocycles. The lowest BCUT2D eigenvalue weighted by Crippen LogP contribution is -2.58. The predicted molar refractivity (Wildman–Crippen MR) is 146 cm³/mol. The first-order chi connectivity index (χ1) is 18.7. The van der Waals surface area contributed by atoms with Crippen LogP contribution in [0.15, 0.2) is 43.0 Å². The number of aromatic nitrogens is 3. The van der Waals surface area contributed by atoms with Gasteiger partial charge in [-0.1, -0.05) is 18.2 Å². The molecule has 210 valence electrons. The summed E-state index contributed by atoms with van der Waals surface area (Å²) in [7, 11) is 0. The Kier molecular flexibility index (Phi) is 10.9. The smallest absolute Gasteiger partial charge is 0.328 e. The number of H-pyrrole nitrogens is 2. The van der Waals surface area contributed by atoms with Crippen LogP contribution in [0.25, 0.3) is 10.9 Å². The number of benzene rings is 1. The topological polar surface area (TPSA) is 215 Å². The maximum atomic E-state index is 13.4. The van der Waals surface area contributed by atoms with E-state index in [1.807, 2.05) is 30.5 Å². The molecular formula is C25H33N7O6S. The number of aliphatic hydroxyl groups excluding tert-OH is 1. The van der Waals surface area contributed by atoms with E-state index in [-0.39, 0.29) is 19.3 Å². The average molecular weight is 560 g/mol. The molecule has 3 amide bonds. The Balaban J connectivity index is 1.79. The average Bonchev–Trinajstić information content (AvgIpc) is 3.58. The third-order valence-electron chi connectivity index (χ3n) is 6.10. The number of hydrogen-bond donors (Lipinski definition) is 8. The van der Waals surface area contributed by atoms with E-state index in [4.69, 9.17) is 5.73 Å². The van der Waals surface area contributed by atoms with Crippen LogP contribution in [0.1, 0.15) is 17.7 Å². The number of fused-ring (bicyclic) bond motifs is 1. The van der Waals surface area contributed by atoms with E-state index < -0.39 is 54.5 Å². The van der Waals surface area contributed by atoms with Crippen LogP contribution in [-0.2, 0) is 32.0 Å². The molecule has 0 spiro atoms. The number of rotatable bonds is 15. The molecule has 13 nitrogen and oxygen atoms in total. The molecule has 9 N–H and O–H groups in total. The number of carbonyl (C=O) groups excluding carboxylic acids is 3. The molecule has 3 rings (SSSR count). The van der Waals surface area contributed by atoms with Crippen LogP contribution in [0.5, 0.6) is 0 Å². The van der Waals surface area contributed by atoms with E-state index in [1.54, 1.807) is 12.4 Å². The minimum absolute atomic E-state index is 0.0296. The lowest BCUT2D eigenvalue weighted by atomic mass is 10.0. The van der Waals surface area contributed by atoms with Gasteiger partial charge in [-0.25, -0.2) is 9.78 Å². The zero-order valence-electron chi connectivity index (χ0n) is 21.3. The molecular weight excluding hydrogens is 526 g/mol. The number of hydrogen-bond acceptors (Lipinski definition) is 8. The van der Waals surface area contributed by atoms with Gasteiger partial charge in [-0.05, 0) is 30.1 Å². The number of carboxylic acid groups (broad SMARTS) is 1. The Labute approximate surface area is 228 Å². The maximum absolute atomic E-state index is 13.4. The number of nitrogens with zero attached hydrogens (tertiary/aromatic N) is 1. The number of thioether (sulfide) groups is 1. The van der Waals surface area contributed by atoms with E-state index in [2.05, 4.69) is 30.9 Å². The van der Waals surface area contributed by atoms with Crippen LogP contribution in [-0.4, -0.2) is 91.6 Å². The lowest BCUT2D eigenvalue weighted by molar-refractivity contribution is -0.143. The van der Waals surface area contributed by atoms with Crippen molar-refractivity contribution in [2.75, 3.05) is 18.6 Å². The summed E-state index contributed by atoms with van der Waals surface area (Å²) in [6, 6.07) is 2.71. The van der Waals surface area contributed by atoms with Gasteiger partial charge in [0.15, 0.2) is 0 Å². The number of carbonyl (C=O) groups is 4. The summed E-state index contributed by atoms with van der Waals surface area (Å²) in [4.78, 5) is 60.6. The monoisotopic (exact) mass is 559 g/mol. The summed E-state index contributed by atoms with van der Waals surface area (Å²) in [5, 5.41) is 27.1. The SMILES string of the molecule is CSCCC(NC(=O)C(N)Cc1cnc[nH]1)C(=O)NC(Cc1c[nH]c2ccccc12)C(=O)NC(CO)C(=O)O. The third kappa shape index (κ3) is 8.30. The van der Waals surface area contributed by atoms with Crippen LogP contribution in [0.4, 0.5) is 0 Å². The van der Waals surface area contributed by atoms with Gasteiger partial charge in [0.25, 0.3) is 0 Å². The molecule has 0 radical (unpaired) electrons. The number of amides is 3. The zero-order chi connectivity index (χ0) is 28.4. The summed E-state index contributed by atoms with van der Waals surface area (Å²) in [5.41, 5.74) is 8.24. The van der Waals surface area contributed by atoms with Gasteiger partial charge in [-0.2, -0.15) is 11.8 Å². The van der Waals surface area contributed by atoms with Gasteiger partial charge in [0.05, 0.1) is 19.0 Å². The standard InChI is InChI=1S/C25H33N7O6S/c1-39-7-6-19(30-22(34)17(26)9-15-11-27-13-29-15)23(35)31-20(24(36)32-21(12-33)25(37)38)8-14-10-28-18-5-3-2-4-16(14)18/h2-5,10-11,13,17,19-21,28,33H,6-9,12,26H2,1H3,(H,27,29)(H,30,34)(H,31,35)(H,32,36)(H,37,38). The van der Waals surface area contributed by atoms with Crippen LogP contribution in [0.2, 0.25) is 0 Å². The number of imidazole rings is 1. The highest BCUT2D eigenvalue weighted by atomic mass is 32.2. The Bertz CT molecular complexity index is 1260. The molecule has 0 bridgehead atoms. The second kappa shape index (κ2) is 14.3. The van der Waals surface area contributed by atoms with E-state index in [1.165, 1.54) is 18.1 Å². The molecule has 0 saturated carbocycles. The number of nitrogens with one attached hydrogen (secondary N) is 5. The molecule has 0 fully saturated rings. The molecule has 4 unspecified atom stereocenters. The minimum atomic E-state index is -1.55. The van der Waals surface area contributed by atoms with Crippen LogP contribution >= 0.6 is 11.8 Å². The molecule has 3 aromatic rings. The predicted octanol–water partition coefficient (Wildman–Crippen LogP) is -0.712. The molecule has 39 heavy (non-hydrogen) atoms. The quantitative estimate of drug-likeness (QED) is 0.118. The van der Waals surface area contributed by atoms with Crippen LogP contribution < -0.4 is 21.7 Å². The van der Waals surface area contributed by atoms with E-state index >= 15 is 0 Å². The van der Waals surface area contributed by atoms with E-state index in [0.717, 1.165) is 10.9 Å². The second-order valence-corrected chi connectivity index (χ2v) is 9.92. The van der Waals surface area contributed by atoms with Crippen molar-refractivity contribution in [3.05, 3.63) is 54.2 Å². The van der Waals surface area contributed by atoms with Crippen molar-refractivity contribution in [3.63, 3.8) is 0 Å². The second-order valence-electron chi connectivity index (χ2n) is 8.94. The fourth-order valence-corrected chi connectivity index (χ4v) is 4.44. The Hall–Kier alpha value is -3.88. The van der Waals surface area contributed by atoms with Gasteiger partial charge < -0.3 is 41.9 Å². The van der Waals surface area contributed by atoms with Gasteiger partial charge in [-0.15, -0.1) is 0 Å². The number of carboxylic acids is 1. The fraction of sp³-hybridized carbons (Fsp3) is 0.400. The summed E-state index contributed by atoms with van der Waals surface area (Å²) in [6.07, 6.45) is 7.07. The number of aromatic amines is 2. The molecule has 14 heteroatoms. The molecule has 1 aromatic carbocycles. The van der Waals surface area contributed by atoms with Crippen molar-refractivity contribution in [1.82, 2.24) is 30.9 Å². The molecule has 4 atom stereocenters. The Morgan fingerprint density at radius 2 is 1.69 bits per heavy atom. The zero-order valence-corrected chi connectivity index (χ0v) is 22.2. The summed E-state index contributed by atoms with van der Waals surface area (Å²) in [6.45, 7) is -0.824. The van der Waals surface area contributed by atoms with Gasteiger partial charge in [0.2, 0.25) is 17.7 Å². The van der Waals surface area contributed by atoms with Gasteiger partial charge in [-0.3, -0.25) is 14.4 Å². The summed E-state index contributed by atoms with van der Waals surface area (Å²) in [5.74, 6) is -2.84. The Morgan fingerprint density at radius 1 is 1.00 bits per heavy atom. The van der Waals surface area contributed by atoms with E-state index in [0.29, 0.717) is 17.0 Å². The first kappa shape index (κ1) is 29.7. The third-order valence-corrected chi connectivity index (χ3v) is 6.75. The van der Waals surface area contributed by atoms with Crippen LogP contribution in [0, 0.1) is 0 Å². The van der Waals surface area contributed by atoms with E-state index in [9.17, 15) is 29.4 Å². The highest BCUT2D eigenvalue weighted by Crippen LogP contribution is 2.19. The lowest BCUT2D eigenvalue weighted by Gasteiger charge is -2.25. The van der Waals surface area contributed by atoms with Gasteiger partial charge >= 0.3 is 5.97 Å². The number of aliphatic carboxylic acids is 1. The molecule has 2 aromatic heterocycles. The molecule has 0 saturated heterocycles. The van der Waals surface area contributed by atoms with Crippen LogP contribution in [0.3, 0.4) is 0 Å². The highest BCUT2D eigenvalue weighted by molar-refractivity contribution is 7.98. The van der Waals surface area contributed by atoms with Crippen molar-refractivity contribution in [1.29, 1.82) is 0 Å². The van der Waals surface area contributed by atoms with Crippen molar-refractivity contribution >= 4 is 46.4 Å². The first-order valence-corrected chi connectivity index (χ1v) is 13.6. The summed E-state index contributed by atoms with van der Waals surface area (Å²) >= 11 is 1.48. The first-order valence-electron chi connectivity index (χ1n) is 12.2. The van der Waals surface area contributed by atoms with Gasteiger partial charge in [0, 0.05) is 41.8 Å².